The van der Waals surface area contributed by atoms with Gasteiger partial charge >= 0.3 is 0 Å². The summed E-state index contributed by atoms with van der Waals surface area (Å²) in [6.07, 6.45) is 5.24. The third-order valence-electron chi connectivity index (χ3n) is 4.60. The highest BCUT2D eigenvalue weighted by Crippen LogP contribution is 2.15. The lowest BCUT2D eigenvalue weighted by Gasteiger charge is -2.30. The fourth-order valence-electron chi connectivity index (χ4n) is 3.26. The van der Waals surface area contributed by atoms with E-state index in [1.165, 1.54) is 50.9 Å². The molecular weight excluding hydrogens is 423 g/mol. The molecule has 0 aliphatic carbocycles. The zero-order valence-corrected chi connectivity index (χ0v) is 18.4. The van der Waals surface area contributed by atoms with E-state index in [9.17, 15) is 0 Å². The van der Waals surface area contributed by atoms with Crippen LogP contribution in [0.5, 0.6) is 0 Å². The highest BCUT2D eigenvalue weighted by atomic mass is 127. The van der Waals surface area contributed by atoms with E-state index in [2.05, 4.69) is 46.3 Å². The number of unbranched alkanes of at least 4 members (excludes halogenated alkanes) is 1. The van der Waals surface area contributed by atoms with Crippen LogP contribution in [0.3, 0.4) is 0 Å². The molecule has 1 fully saturated rings. The number of nitrogens with zero attached hydrogens (tertiary/aromatic N) is 3. The topological polar surface area (TPSA) is 30.9 Å². The predicted molar refractivity (Wildman–Crippen MR) is 119 cm³/mol. The molecule has 1 saturated heterocycles. The van der Waals surface area contributed by atoms with Crippen LogP contribution in [-0.2, 0) is 6.54 Å². The minimum Gasteiger partial charge on any atom is -0.356 e. The lowest BCUT2D eigenvalue weighted by molar-refractivity contribution is 0.181. The van der Waals surface area contributed by atoms with Gasteiger partial charge in [0.25, 0.3) is 0 Å². The molecule has 1 aliphatic rings. The number of halogens is 1. The number of likely N-dealkylation sites (tertiary alicyclic amines) is 1. The number of hydrogen-bond acceptors (Lipinski definition) is 2. The van der Waals surface area contributed by atoms with E-state index in [0.717, 1.165) is 25.0 Å². The van der Waals surface area contributed by atoms with Crippen LogP contribution in [0.15, 0.2) is 35.3 Å². The van der Waals surface area contributed by atoms with E-state index >= 15 is 0 Å². The Kier molecular flexibility index (Phi) is 11.1. The molecule has 0 spiro atoms. The molecule has 1 N–H and O–H groups in total. The van der Waals surface area contributed by atoms with Gasteiger partial charge in [0.15, 0.2) is 5.96 Å². The van der Waals surface area contributed by atoms with Crippen LogP contribution in [-0.4, -0.2) is 56.0 Å². The smallest absolute Gasteiger partial charge is 0.193 e. The summed E-state index contributed by atoms with van der Waals surface area (Å²) in [6, 6.07) is 10.4. The summed E-state index contributed by atoms with van der Waals surface area (Å²) in [5.41, 5.74) is 1.25. The van der Waals surface area contributed by atoms with Crippen LogP contribution >= 0.6 is 24.0 Å². The molecule has 25 heavy (non-hydrogen) atoms. The number of benzene rings is 1. The molecule has 142 valence electrons. The second-order valence-electron chi connectivity index (χ2n) is 7.20. The van der Waals surface area contributed by atoms with E-state index in [4.69, 9.17) is 4.99 Å². The summed E-state index contributed by atoms with van der Waals surface area (Å²) >= 11 is 0. The fourth-order valence-corrected chi connectivity index (χ4v) is 3.26. The van der Waals surface area contributed by atoms with E-state index in [1.54, 1.807) is 0 Å². The molecule has 1 heterocycles. The molecule has 0 amide bonds. The van der Waals surface area contributed by atoms with Crippen molar-refractivity contribution in [3.63, 3.8) is 0 Å². The van der Waals surface area contributed by atoms with Crippen molar-refractivity contribution in [1.29, 1.82) is 0 Å². The fraction of sp³-hybridized carbons (Fsp3) is 0.650. The Morgan fingerprint density at radius 2 is 2.00 bits per heavy atom. The number of guanidine groups is 1. The highest BCUT2D eigenvalue weighted by molar-refractivity contribution is 14.0. The summed E-state index contributed by atoms with van der Waals surface area (Å²) in [5.74, 6) is 1.85. The lowest BCUT2D eigenvalue weighted by atomic mass is 10.0. The molecule has 4 nitrogen and oxygen atoms in total. The number of piperidine rings is 1. The first kappa shape index (κ1) is 22.2. The Hall–Kier alpha value is -0.820. The summed E-state index contributed by atoms with van der Waals surface area (Å²) < 4.78 is 0. The largest absolute Gasteiger partial charge is 0.356 e. The minimum atomic E-state index is 0. The molecule has 1 aromatic carbocycles. The van der Waals surface area contributed by atoms with Crippen molar-refractivity contribution in [3.05, 3.63) is 35.9 Å². The van der Waals surface area contributed by atoms with Gasteiger partial charge in [-0.15, -0.1) is 24.0 Å². The van der Waals surface area contributed by atoms with Gasteiger partial charge in [-0.25, -0.2) is 4.99 Å². The van der Waals surface area contributed by atoms with Gasteiger partial charge in [-0.05, 0) is 50.3 Å². The molecule has 0 aromatic heterocycles. The molecule has 0 saturated carbocycles. The Morgan fingerprint density at radius 3 is 2.68 bits per heavy atom. The standard InChI is InChI=1S/C20H34N4.HI/c1-18-10-9-15-24(17-18)14-8-7-13-21-20(23(2)3)22-16-19-11-5-4-6-12-19;/h4-6,11-12,18H,7-10,13-17H2,1-3H3,(H,21,22);1H. The van der Waals surface area contributed by atoms with Crippen LogP contribution in [0, 0.1) is 5.92 Å². The van der Waals surface area contributed by atoms with Crippen LogP contribution in [0.4, 0.5) is 0 Å². The maximum absolute atomic E-state index is 4.71. The SMILES string of the molecule is CC1CCCN(CCCCNC(=NCc2ccccc2)N(C)C)C1.I. The summed E-state index contributed by atoms with van der Waals surface area (Å²) in [6.45, 7) is 7.92. The van der Waals surface area contributed by atoms with Crippen molar-refractivity contribution in [1.82, 2.24) is 15.1 Å². The molecule has 1 atom stereocenters. The summed E-state index contributed by atoms with van der Waals surface area (Å²) in [4.78, 5) is 9.41. The van der Waals surface area contributed by atoms with E-state index in [1.807, 2.05) is 20.2 Å². The first-order valence-electron chi connectivity index (χ1n) is 9.37. The van der Waals surface area contributed by atoms with Gasteiger partial charge in [0, 0.05) is 27.2 Å². The Labute approximate surface area is 171 Å². The van der Waals surface area contributed by atoms with Crippen LogP contribution in [0.25, 0.3) is 0 Å². The Balaban J connectivity index is 0.00000312. The van der Waals surface area contributed by atoms with Crippen molar-refractivity contribution in [2.24, 2.45) is 10.9 Å². The zero-order valence-electron chi connectivity index (χ0n) is 16.1. The Bertz CT molecular complexity index is 490. The highest BCUT2D eigenvalue weighted by Gasteiger charge is 2.15. The molecule has 5 heteroatoms. The molecule has 0 radical (unpaired) electrons. The molecule has 1 unspecified atom stereocenters. The van der Waals surface area contributed by atoms with Gasteiger partial charge < -0.3 is 15.1 Å². The molecule has 1 aromatic rings. The first-order chi connectivity index (χ1) is 11.6. The molecule has 1 aliphatic heterocycles. The van der Waals surface area contributed by atoms with Gasteiger partial charge in [-0.1, -0.05) is 37.3 Å². The van der Waals surface area contributed by atoms with Crippen LogP contribution < -0.4 is 5.32 Å². The molecule has 2 rings (SSSR count). The van der Waals surface area contributed by atoms with Gasteiger partial charge in [-0.3, -0.25) is 0 Å². The predicted octanol–water partition coefficient (Wildman–Crippen LogP) is 3.82. The lowest BCUT2D eigenvalue weighted by Crippen LogP contribution is -2.38. The molecule has 0 bridgehead atoms. The van der Waals surface area contributed by atoms with Crippen LogP contribution in [0.2, 0.25) is 0 Å². The monoisotopic (exact) mass is 458 g/mol. The van der Waals surface area contributed by atoms with Gasteiger partial charge in [-0.2, -0.15) is 0 Å². The first-order valence-corrected chi connectivity index (χ1v) is 9.37. The van der Waals surface area contributed by atoms with Crippen molar-refractivity contribution >= 4 is 29.9 Å². The average Bonchev–Trinajstić information content (AvgIpc) is 2.58. The maximum atomic E-state index is 4.71. The van der Waals surface area contributed by atoms with Crippen molar-refractivity contribution < 1.29 is 0 Å². The average molecular weight is 458 g/mol. The normalized spacial score (nSPS) is 18.5. The summed E-state index contributed by atoms with van der Waals surface area (Å²) in [7, 11) is 4.10. The van der Waals surface area contributed by atoms with Crippen molar-refractivity contribution in [3.8, 4) is 0 Å². The van der Waals surface area contributed by atoms with Gasteiger partial charge in [0.1, 0.15) is 0 Å². The number of nitrogens with one attached hydrogen (secondary N) is 1. The molecular formula is C20H35IN4. The minimum absolute atomic E-state index is 0. The number of aliphatic imine (C=N–C) groups is 1. The van der Waals surface area contributed by atoms with Gasteiger partial charge in [0.05, 0.1) is 6.54 Å². The third-order valence-corrected chi connectivity index (χ3v) is 4.60. The quantitative estimate of drug-likeness (QED) is 0.292. The number of hydrogen-bond donors (Lipinski definition) is 1. The van der Waals surface area contributed by atoms with Crippen molar-refractivity contribution in [2.75, 3.05) is 40.3 Å². The third kappa shape index (κ3) is 8.90. The van der Waals surface area contributed by atoms with Crippen molar-refractivity contribution in [2.45, 2.75) is 39.2 Å². The number of rotatable bonds is 7. The van der Waals surface area contributed by atoms with E-state index in [0.29, 0.717) is 0 Å². The second-order valence-corrected chi connectivity index (χ2v) is 7.20. The van der Waals surface area contributed by atoms with Crippen LogP contribution in [0.1, 0.15) is 38.2 Å². The van der Waals surface area contributed by atoms with E-state index < -0.39 is 0 Å². The maximum Gasteiger partial charge on any atom is 0.193 e. The van der Waals surface area contributed by atoms with E-state index in [-0.39, 0.29) is 24.0 Å². The zero-order chi connectivity index (χ0) is 17.2. The summed E-state index contributed by atoms with van der Waals surface area (Å²) in [5, 5.41) is 3.49. The van der Waals surface area contributed by atoms with Gasteiger partial charge in [0.2, 0.25) is 0 Å². The second kappa shape index (κ2) is 12.5. The Morgan fingerprint density at radius 1 is 1.24 bits per heavy atom.